The van der Waals surface area contributed by atoms with Crippen molar-refractivity contribution in [3.8, 4) is 0 Å². The molecule has 4 nitrogen and oxygen atoms in total. The highest BCUT2D eigenvalue weighted by molar-refractivity contribution is 5.45. The molecule has 1 fully saturated rings. The van der Waals surface area contributed by atoms with Crippen molar-refractivity contribution in [1.82, 2.24) is 15.3 Å². The normalized spacial score (nSPS) is 15.9. The minimum atomic E-state index is 0.592. The summed E-state index contributed by atoms with van der Waals surface area (Å²) >= 11 is 0. The minimum absolute atomic E-state index is 0.592. The Morgan fingerprint density at radius 3 is 2.75 bits per heavy atom. The maximum Gasteiger partial charge on any atom is 0.150 e. The predicted octanol–water partition coefficient (Wildman–Crippen LogP) is 1.28. The molecular formula is C12H20N4. The molecule has 0 radical (unpaired) electrons. The predicted molar refractivity (Wildman–Crippen MR) is 65.8 cm³/mol. The van der Waals surface area contributed by atoms with Crippen LogP contribution < -0.4 is 10.2 Å². The average Bonchev–Trinajstić information content (AvgIpc) is 2.18. The van der Waals surface area contributed by atoms with E-state index in [1.54, 1.807) is 0 Å². The molecule has 1 N–H and O–H groups in total. The summed E-state index contributed by atoms with van der Waals surface area (Å²) in [6, 6.07) is 0.592. The molecule has 0 spiro atoms. The van der Waals surface area contributed by atoms with Gasteiger partial charge in [0.25, 0.3) is 0 Å². The number of nitrogens with zero attached hydrogens (tertiary/aromatic N) is 3. The Morgan fingerprint density at radius 1 is 1.44 bits per heavy atom. The minimum Gasteiger partial charge on any atom is -0.350 e. The van der Waals surface area contributed by atoms with Gasteiger partial charge in [-0.25, -0.2) is 4.98 Å². The second-order valence-electron chi connectivity index (χ2n) is 4.43. The highest BCUT2D eigenvalue weighted by Gasteiger charge is 2.26. The van der Waals surface area contributed by atoms with Gasteiger partial charge in [0, 0.05) is 25.8 Å². The number of rotatable bonds is 4. The van der Waals surface area contributed by atoms with Crippen molar-refractivity contribution in [2.75, 3.05) is 24.5 Å². The van der Waals surface area contributed by atoms with E-state index < -0.39 is 0 Å². The molecule has 0 amide bonds. The van der Waals surface area contributed by atoms with E-state index >= 15 is 0 Å². The number of anilines is 1. The Bertz CT molecular complexity index is 360. The summed E-state index contributed by atoms with van der Waals surface area (Å²) in [6.07, 6.45) is 2.98. The van der Waals surface area contributed by atoms with Gasteiger partial charge in [0.2, 0.25) is 0 Å². The van der Waals surface area contributed by atoms with Crippen molar-refractivity contribution < 1.29 is 0 Å². The van der Waals surface area contributed by atoms with E-state index in [2.05, 4.69) is 27.1 Å². The van der Waals surface area contributed by atoms with Gasteiger partial charge >= 0.3 is 0 Å². The highest BCUT2D eigenvalue weighted by Crippen LogP contribution is 2.20. The van der Waals surface area contributed by atoms with Crippen LogP contribution in [0.3, 0.4) is 0 Å². The molecule has 16 heavy (non-hydrogen) atoms. The third-order valence-electron chi connectivity index (χ3n) is 2.99. The summed E-state index contributed by atoms with van der Waals surface area (Å²) < 4.78 is 0. The van der Waals surface area contributed by atoms with Gasteiger partial charge in [-0.3, -0.25) is 4.98 Å². The zero-order valence-corrected chi connectivity index (χ0v) is 10.3. The number of hydrogen-bond acceptors (Lipinski definition) is 4. The van der Waals surface area contributed by atoms with Crippen LogP contribution in [0.5, 0.6) is 0 Å². The molecule has 2 rings (SSSR count). The van der Waals surface area contributed by atoms with Crippen molar-refractivity contribution in [2.45, 2.75) is 33.2 Å². The van der Waals surface area contributed by atoms with Crippen LogP contribution >= 0.6 is 0 Å². The SMILES string of the molecule is CCCN(c1nc(C)cnc1C)C1CNC1. The van der Waals surface area contributed by atoms with Gasteiger partial charge in [0.05, 0.1) is 17.4 Å². The lowest BCUT2D eigenvalue weighted by atomic mass is 10.1. The first-order valence-electron chi connectivity index (χ1n) is 6.00. The van der Waals surface area contributed by atoms with Crippen LogP contribution in [-0.2, 0) is 0 Å². The van der Waals surface area contributed by atoms with Gasteiger partial charge in [-0.05, 0) is 20.3 Å². The zero-order chi connectivity index (χ0) is 11.5. The van der Waals surface area contributed by atoms with Crippen LogP contribution in [0.15, 0.2) is 6.20 Å². The molecule has 0 aromatic carbocycles. The van der Waals surface area contributed by atoms with Crippen LogP contribution in [0.2, 0.25) is 0 Å². The topological polar surface area (TPSA) is 41.1 Å². The molecule has 0 bridgehead atoms. The molecule has 1 aromatic rings. The third kappa shape index (κ3) is 2.16. The van der Waals surface area contributed by atoms with E-state index in [0.29, 0.717) is 6.04 Å². The van der Waals surface area contributed by atoms with Crippen LogP contribution in [0.1, 0.15) is 24.7 Å². The van der Waals surface area contributed by atoms with Gasteiger partial charge in [-0.2, -0.15) is 0 Å². The van der Waals surface area contributed by atoms with E-state index in [4.69, 9.17) is 0 Å². The Labute approximate surface area is 97.1 Å². The lowest BCUT2D eigenvalue weighted by Gasteiger charge is -2.39. The van der Waals surface area contributed by atoms with E-state index in [9.17, 15) is 0 Å². The monoisotopic (exact) mass is 220 g/mol. The van der Waals surface area contributed by atoms with Crippen molar-refractivity contribution >= 4 is 5.82 Å². The molecule has 1 aliphatic rings. The van der Waals surface area contributed by atoms with Crippen molar-refractivity contribution in [3.63, 3.8) is 0 Å². The largest absolute Gasteiger partial charge is 0.350 e. The highest BCUT2D eigenvalue weighted by atomic mass is 15.3. The summed E-state index contributed by atoms with van der Waals surface area (Å²) in [6.45, 7) is 9.43. The number of aromatic nitrogens is 2. The quantitative estimate of drug-likeness (QED) is 0.830. The first-order valence-corrected chi connectivity index (χ1v) is 6.00. The fraction of sp³-hybridized carbons (Fsp3) is 0.667. The number of nitrogens with one attached hydrogen (secondary N) is 1. The molecule has 0 atom stereocenters. The van der Waals surface area contributed by atoms with E-state index in [-0.39, 0.29) is 0 Å². The van der Waals surface area contributed by atoms with Gasteiger partial charge in [-0.1, -0.05) is 6.92 Å². The first kappa shape index (κ1) is 11.3. The van der Waals surface area contributed by atoms with Crippen molar-refractivity contribution in [2.24, 2.45) is 0 Å². The lowest BCUT2D eigenvalue weighted by Crippen LogP contribution is -2.58. The zero-order valence-electron chi connectivity index (χ0n) is 10.3. The van der Waals surface area contributed by atoms with Crippen molar-refractivity contribution in [3.05, 3.63) is 17.6 Å². The second kappa shape index (κ2) is 4.78. The Balaban J connectivity index is 2.25. The molecule has 4 heteroatoms. The molecule has 0 unspecified atom stereocenters. The third-order valence-corrected chi connectivity index (χ3v) is 2.99. The standard InChI is InChI=1S/C12H20N4/c1-4-5-16(11-7-13-8-11)12-10(3)14-6-9(2)15-12/h6,11,13H,4-5,7-8H2,1-3H3. The molecule has 0 saturated carbocycles. The Morgan fingerprint density at radius 2 is 2.19 bits per heavy atom. The fourth-order valence-corrected chi connectivity index (χ4v) is 1.99. The van der Waals surface area contributed by atoms with Gasteiger partial charge < -0.3 is 10.2 Å². The molecule has 1 aromatic heterocycles. The van der Waals surface area contributed by atoms with Crippen LogP contribution in [-0.4, -0.2) is 35.6 Å². The summed E-state index contributed by atoms with van der Waals surface area (Å²) in [7, 11) is 0. The summed E-state index contributed by atoms with van der Waals surface area (Å²) in [4.78, 5) is 11.4. The van der Waals surface area contributed by atoms with Crippen LogP contribution in [0.25, 0.3) is 0 Å². The Kier molecular flexibility index (Phi) is 3.39. The maximum absolute atomic E-state index is 4.63. The molecule has 0 aliphatic carbocycles. The summed E-state index contributed by atoms with van der Waals surface area (Å²) in [5, 5.41) is 3.31. The average molecular weight is 220 g/mol. The Hall–Kier alpha value is -1.16. The number of hydrogen-bond donors (Lipinski definition) is 1. The van der Waals surface area contributed by atoms with Gasteiger partial charge in [-0.15, -0.1) is 0 Å². The molecule has 1 aliphatic heterocycles. The smallest absolute Gasteiger partial charge is 0.150 e. The fourth-order valence-electron chi connectivity index (χ4n) is 1.99. The van der Waals surface area contributed by atoms with Crippen LogP contribution in [0, 0.1) is 13.8 Å². The molecule has 1 saturated heterocycles. The van der Waals surface area contributed by atoms with Gasteiger partial charge in [0.15, 0.2) is 5.82 Å². The summed E-state index contributed by atoms with van der Waals surface area (Å²) in [5.74, 6) is 1.06. The maximum atomic E-state index is 4.63. The molecule has 2 heterocycles. The second-order valence-corrected chi connectivity index (χ2v) is 4.43. The van der Waals surface area contributed by atoms with Crippen LogP contribution in [0.4, 0.5) is 5.82 Å². The first-order chi connectivity index (χ1) is 7.72. The van der Waals surface area contributed by atoms with E-state index in [1.165, 1.54) is 0 Å². The molecular weight excluding hydrogens is 200 g/mol. The van der Waals surface area contributed by atoms with E-state index in [0.717, 1.165) is 43.3 Å². The van der Waals surface area contributed by atoms with E-state index in [1.807, 2.05) is 20.0 Å². The van der Waals surface area contributed by atoms with Gasteiger partial charge in [0.1, 0.15) is 0 Å². The lowest BCUT2D eigenvalue weighted by molar-refractivity contribution is 0.409. The number of aryl methyl sites for hydroxylation is 2. The summed E-state index contributed by atoms with van der Waals surface area (Å²) in [5.41, 5.74) is 2.03. The van der Waals surface area contributed by atoms with Crippen molar-refractivity contribution in [1.29, 1.82) is 0 Å². The molecule has 88 valence electrons.